The number of aliphatic hydroxyl groups is 2. The van der Waals surface area contributed by atoms with Crippen LogP contribution in [0, 0.1) is 0 Å². The smallest absolute Gasteiger partial charge is 0.407 e. The van der Waals surface area contributed by atoms with Gasteiger partial charge >= 0.3 is 6.09 Å². The van der Waals surface area contributed by atoms with Crippen molar-refractivity contribution < 1.29 is 38.7 Å². The zero-order chi connectivity index (χ0) is 37.5. The molecule has 0 spiro atoms. The van der Waals surface area contributed by atoms with E-state index in [9.17, 15) is 19.8 Å². The molecule has 4 atom stereocenters. The lowest BCUT2D eigenvalue weighted by Gasteiger charge is -2.33. The molecule has 0 aromatic heterocycles. The fourth-order valence-electron chi connectivity index (χ4n) is 6.45. The first-order valence-corrected chi connectivity index (χ1v) is 18.2. The van der Waals surface area contributed by atoms with E-state index in [0.717, 1.165) is 47.6 Å². The van der Waals surface area contributed by atoms with Gasteiger partial charge in [-0.3, -0.25) is 9.69 Å². The Labute approximate surface area is 308 Å². The number of carbonyl (C=O) groups excluding carboxylic acids is 2. The van der Waals surface area contributed by atoms with Crippen LogP contribution in [0.5, 0.6) is 5.75 Å². The van der Waals surface area contributed by atoms with Crippen LogP contribution < -0.4 is 10.1 Å². The molecule has 0 fully saturated rings. The topological polar surface area (TPSA) is 130 Å². The second-order valence-electron chi connectivity index (χ2n) is 14.3. The number of nitrogens with zero attached hydrogens (tertiary/aromatic N) is 2. The van der Waals surface area contributed by atoms with E-state index in [-0.39, 0.29) is 25.3 Å². The first-order valence-electron chi connectivity index (χ1n) is 18.2. The van der Waals surface area contributed by atoms with E-state index in [2.05, 4.69) is 10.2 Å². The number of carbonyl (C=O) groups is 2. The van der Waals surface area contributed by atoms with Gasteiger partial charge in [-0.05, 0) is 68.0 Å². The van der Waals surface area contributed by atoms with E-state index in [4.69, 9.17) is 18.9 Å². The van der Waals surface area contributed by atoms with Crippen LogP contribution in [0.1, 0.15) is 61.9 Å². The van der Waals surface area contributed by atoms with Crippen LogP contribution in [0.4, 0.5) is 4.79 Å². The predicted octanol–water partition coefficient (Wildman–Crippen LogP) is 4.92. The molecule has 0 bridgehead atoms. The van der Waals surface area contributed by atoms with E-state index in [1.165, 1.54) is 0 Å². The molecule has 0 heterocycles. The second kappa shape index (κ2) is 20.3. The standard InChI is InChI=1S/C41H57N3O8/c1-41(2,3)52-40(48)42-35(27-30-11-7-6-8-12-30)36(45)19-20-38(47)44(39-34-14-10-9-13-32(34)28-37(39)46)29-31-15-17-33(18-16-31)51-26-23-43(21-24-49-4)22-25-50-5/h6-18,35-37,39,45-46H,19-29H2,1-5H3,(H,42,48)/t35-,36-,37+,39-/m0/s1. The Hall–Kier alpha value is -4.00. The van der Waals surface area contributed by atoms with Crippen molar-refractivity contribution in [2.75, 3.05) is 53.7 Å². The van der Waals surface area contributed by atoms with Crippen molar-refractivity contribution in [3.8, 4) is 5.75 Å². The Kier molecular flexibility index (Phi) is 15.9. The highest BCUT2D eigenvalue weighted by atomic mass is 16.6. The molecule has 1 aliphatic rings. The molecule has 0 aliphatic heterocycles. The number of hydrogen-bond acceptors (Lipinski definition) is 9. The van der Waals surface area contributed by atoms with Crippen LogP contribution in [0.3, 0.4) is 0 Å². The SMILES string of the molecule is COCCN(CCOC)CCOc1ccc(CN(C(=O)CC[C@H](O)[C@H](Cc2ccccc2)NC(=O)OC(C)(C)C)[C@H]2c3ccccc3C[C@H]2O)cc1. The van der Waals surface area contributed by atoms with Gasteiger partial charge in [0, 0.05) is 53.2 Å². The molecule has 11 heteroatoms. The molecule has 2 amide bonds. The van der Waals surface area contributed by atoms with Crippen molar-refractivity contribution >= 4 is 12.0 Å². The maximum atomic E-state index is 14.2. The lowest BCUT2D eigenvalue weighted by atomic mass is 9.97. The van der Waals surface area contributed by atoms with Gasteiger partial charge in [-0.15, -0.1) is 0 Å². The van der Waals surface area contributed by atoms with Gasteiger partial charge in [0.15, 0.2) is 0 Å². The molecule has 4 rings (SSSR count). The largest absolute Gasteiger partial charge is 0.492 e. The van der Waals surface area contributed by atoms with Gasteiger partial charge < -0.3 is 39.4 Å². The summed E-state index contributed by atoms with van der Waals surface area (Å²) in [6.45, 7) is 9.65. The van der Waals surface area contributed by atoms with Crippen LogP contribution >= 0.6 is 0 Å². The average molecular weight is 720 g/mol. The highest BCUT2D eigenvalue weighted by molar-refractivity contribution is 5.77. The van der Waals surface area contributed by atoms with Crippen molar-refractivity contribution in [1.82, 2.24) is 15.1 Å². The summed E-state index contributed by atoms with van der Waals surface area (Å²) in [5.74, 6) is 0.513. The Balaban J connectivity index is 1.46. The number of amides is 2. The maximum absolute atomic E-state index is 14.2. The van der Waals surface area contributed by atoms with Crippen LogP contribution in [-0.2, 0) is 38.4 Å². The number of methoxy groups -OCH3 is 2. The van der Waals surface area contributed by atoms with E-state index < -0.39 is 36.0 Å². The first kappa shape index (κ1) is 40.8. The van der Waals surface area contributed by atoms with Crippen LogP contribution in [0.2, 0.25) is 0 Å². The monoisotopic (exact) mass is 719 g/mol. The van der Waals surface area contributed by atoms with Gasteiger partial charge in [0.2, 0.25) is 5.91 Å². The Morgan fingerprint density at radius 2 is 1.50 bits per heavy atom. The molecule has 11 nitrogen and oxygen atoms in total. The third kappa shape index (κ3) is 12.9. The second-order valence-corrected chi connectivity index (χ2v) is 14.3. The van der Waals surface area contributed by atoms with Gasteiger partial charge in [-0.25, -0.2) is 4.79 Å². The molecule has 3 aromatic rings. The number of nitrogens with one attached hydrogen (secondary N) is 1. The fourth-order valence-corrected chi connectivity index (χ4v) is 6.45. The van der Waals surface area contributed by atoms with E-state index in [0.29, 0.717) is 32.7 Å². The highest BCUT2D eigenvalue weighted by Gasteiger charge is 2.38. The van der Waals surface area contributed by atoms with Gasteiger partial charge in [-0.1, -0.05) is 66.7 Å². The lowest BCUT2D eigenvalue weighted by Crippen LogP contribution is -2.47. The summed E-state index contributed by atoms with van der Waals surface area (Å²) < 4.78 is 22.0. The lowest BCUT2D eigenvalue weighted by molar-refractivity contribution is -0.137. The molecular weight excluding hydrogens is 662 g/mol. The van der Waals surface area contributed by atoms with E-state index in [1.54, 1.807) is 39.9 Å². The zero-order valence-corrected chi connectivity index (χ0v) is 31.3. The molecule has 52 heavy (non-hydrogen) atoms. The van der Waals surface area contributed by atoms with E-state index in [1.807, 2.05) is 78.9 Å². The zero-order valence-electron chi connectivity index (χ0n) is 31.3. The summed E-state index contributed by atoms with van der Waals surface area (Å²) in [5.41, 5.74) is 3.04. The Morgan fingerprint density at radius 1 is 0.865 bits per heavy atom. The Bertz CT molecular complexity index is 1510. The number of alkyl carbamates (subject to hydrolysis) is 1. The fraction of sp³-hybridized carbons (Fsp3) is 0.512. The van der Waals surface area contributed by atoms with Crippen molar-refractivity contribution in [2.24, 2.45) is 0 Å². The van der Waals surface area contributed by atoms with Gasteiger partial charge in [0.05, 0.1) is 37.5 Å². The van der Waals surface area contributed by atoms with Crippen molar-refractivity contribution in [3.05, 3.63) is 101 Å². The summed E-state index contributed by atoms with van der Waals surface area (Å²) >= 11 is 0. The minimum Gasteiger partial charge on any atom is -0.492 e. The maximum Gasteiger partial charge on any atom is 0.407 e. The van der Waals surface area contributed by atoms with Gasteiger partial charge in [0.25, 0.3) is 0 Å². The number of rotatable bonds is 20. The molecule has 1 aliphatic carbocycles. The molecule has 0 saturated carbocycles. The molecule has 0 radical (unpaired) electrons. The first-order chi connectivity index (χ1) is 25.0. The summed E-state index contributed by atoms with van der Waals surface area (Å²) in [6.07, 6.45) is -1.51. The number of hydrogen-bond donors (Lipinski definition) is 3. The minimum absolute atomic E-state index is 0.0116. The normalized spacial score (nSPS) is 16.6. The molecule has 0 unspecified atom stereocenters. The minimum atomic E-state index is -1.03. The highest BCUT2D eigenvalue weighted by Crippen LogP contribution is 2.37. The van der Waals surface area contributed by atoms with Crippen LogP contribution in [0.25, 0.3) is 0 Å². The van der Waals surface area contributed by atoms with Gasteiger partial charge in [-0.2, -0.15) is 0 Å². The summed E-state index contributed by atoms with van der Waals surface area (Å²) in [5, 5.41) is 25.5. The average Bonchev–Trinajstić information content (AvgIpc) is 3.45. The third-order valence-electron chi connectivity index (χ3n) is 9.12. The number of ether oxygens (including phenoxy) is 4. The molecule has 3 aromatic carbocycles. The van der Waals surface area contributed by atoms with Crippen molar-refractivity contribution in [2.45, 2.75) is 82.9 Å². The third-order valence-corrected chi connectivity index (χ3v) is 9.12. The summed E-state index contributed by atoms with van der Waals surface area (Å²) in [7, 11) is 3.37. The number of fused-ring (bicyclic) bond motifs is 1. The summed E-state index contributed by atoms with van der Waals surface area (Å²) in [4.78, 5) is 30.9. The molecule has 0 saturated heterocycles. The van der Waals surface area contributed by atoms with Gasteiger partial charge in [0.1, 0.15) is 18.0 Å². The van der Waals surface area contributed by atoms with Crippen LogP contribution in [0.15, 0.2) is 78.9 Å². The molecular formula is C41H57N3O8. The summed E-state index contributed by atoms with van der Waals surface area (Å²) in [6, 6.07) is 23.8. The van der Waals surface area contributed by atoms with Crippen molar-refractivity contribution in [1.29, 1.82) is 0 Å². The van der Waals surface area contributed by atoms with Crippen molar-refractivity contribution in [3.63, 3.8) is 0 Å². The number of aliphatic hydroxyl groups excluding tert-OH is 2. The van der Waals surface area contributed by atoms with E-state index >= 15 is 0 Å². The molecule has 3 N–H and O–H groups in total. The molecule has 284 valence electrons. The quantitative estimate of drug-likeness (QED) is 0.149. The van der Waals surface area contributed by atoms with Crippen LogP contribution in [-0.4, -0.2) is 110 Å². The Morgan fingerprint density at radius 3 is 2.15 bits per heavy atom. The number of benzene rings is 3. The predicted molar refractivity (Wildman–Crippen MR) is 200 cm³/mol.